The van der Waals surface area contributed by atoms with Crippen molar-refractivity contribution in [1.29, 1.82) is 0 Å². The second-order valence-corrected chi connectivity index (χ2v) is 5.26. The molecule has 4 heteroatoms. The molecule has 0 amide bonds. The van der Waals surface area contributed by atoms with E-state index in [1.807, 2.05) is 13.0 Å². The van der Waals surface area contributed by atoms with Crippen molar-refractivity contribution in [3.8, 4) is 5.75 Å². The first-order valence-electron chi connectivity index (χ1n) is 7.39. The van der Waals surface area contributed by atoms with Gasteiger partial charge in [-0.1, -0.05) is 13.0 Å². The number of rotatable bonds is 6. The molecule has 1 N–H and O–H groups in total. The first kappa shape index (κ1) is 15.3. The van der Waals surface area contributed by atoms with Gasteiger partial charge in [0.25, 0.3) is 0 Å². The average molecular weight is 281 g/mol. The van der Waals surface area contributed by atoms with Crippen LogP contribution >= 0.6 is 0 Å². The van der Waals surface area contributed by atoms with Gasteiger partial charge in [0.15, 0.2) is 0 Å². The van der Waals surface area contributed by atoms with Gasteiger partial charge in [0.2, 0.25) is 0 Å². The maximum Gasteiger partial charge on any atom is 0.131 e. The summed E-state index contributed by atoms with van der Waals surface area (Å²) >= 11 is 0. The Labute approximate surface area is 120 Å². The van der Waals surface area contributed by atoms with Gasteiger partial charge in [-0.25, -0.2) is 4.39 Å². The van der Waals surface area contributed by atoms with Crippen molar-refractivity contribution in [3.05, 3.63) is 29.6 Å². The van der Waals surface area contributed by atoms with E-state index in [1.54, 1.807) is 13.2 Å². The van der Waals surface area contributed by atoms with Crippen LogP contribution in [0.25, 0.3) is 0 Å². The third-order valence-corrected chi connectivity index (χ3v) is 3.94. The predicted molar refractivity (Wildman–Crippen MR) is 77.5 cm³/mol. The molecule has 0 spiro atoms. The number of methoxy groups -OCH3 is 1. The maximum absolute atomic E-state index is 14.2. The van der Waals surface area contributed by atoms with Crippen LogP contribution in [-0.4, -0.2) is 26.9 Å². The zero-order valence-electron chi connectivity index (χ0n) is 12.3. The molecule has 0 aliphatic carbocycles. The average Bonchev–Trinajstić information content (AvgIpc) is 2.47. The quantitative estimate of drug-likeness (QED) is 0.868. The summed E-state index contributed by atoms with van der Waals surface area (Å²) in [5.74, 6) is 1.02. The molecule has 1 aliphatic rings. The minimum atomic E-state index is -0.192. The molecule has 0 aromatic heterocycles. The van der Waals surface area contributed by atoms with Gasteiger partial charge in [-0.2, -0.15) is 0 Å². The second-order valence-electron chi connectivity index (χ2n) is 5.26. The van der Waals surface area contributed by atoms with E-state index in [-0.39, 0.29) is 11.9 Å². The molecule has 1 aliphatic heterocycles. The van der Waals surface area contributed by atoms with Crippen LogP contribution in [0.1, 0.15) is 37.8 Å². The summed E-state index contributed by atoms with van der Waals surface area (Å²) < 4.78 is 25.0. The number of nitrogens with one attached hydrogen (secondary N) is 1. The second kappa shape index (κ2) is 7.60. The zero-order chi connectivity index (χ0) is 14.4. The molecule has 1 heterocycles. The number of halogens is 1. The lowest BCUT2D eigenvalue weighted by Crippen LogP contribution is -2.27. The van der Waals surface area contributed by atoms with Crippen LogP contribution in [-0.2, 0) is 4.74 Å². The Kier molecular flexibility index (Phi) is 5.80. The van der Waals surface area contributed by atoms with Crippen LogP contribution < -0.4 is 10.1 Å². The van der Waals surface area contributed by atoms with Gasteiger partial charge in [-0.3, -0.25) is 0 Å². The van der Waals surface area contributed by atoms with Crippen LogP contribution in [0.4, 0.5) is 4.39 Å². The summed E-state index contributed by atoms with van der Waals surface area (Å²) in [6, 6.07) is 5.02. The minimum Gasteiger partial charge on any atom is -0.496 e. The molecule has 1 aromatic carbocycles. The molecular formula is C16H24FNO2. The Morgan fingerprint density at radius 2 is 2.15 bits per heavy atom. The zero-order valence-corrected chi connectivity index (χ0v) is 12.3. The van der Waals surface area contributed by atoms with Crippen molar-refractivity contribution >= 4 is 0 Å². The molecule has 1 saturated heterocycles. The van der Waals surface area contributed by atoms with Crippen molar-refractivity contribution in [1.82, 2.24) is 5.32 Å². The van der Waals surface area contributed by atoms with Gasteiger partial charge in [0, 0.05) is 24.8 Å². The Morgan fingerprint density at radius 1 is 1.40 bits per heavy atom. The maximum atomic E-state index is 14.2. The molecule has 0 radical (unpaired) electrons. The van der Waals surface area contributed by atoms with Crippen LogP contribution in [0.3, 0.4) is 0 Å². The van der Waals surface area contributed by atoms with Gasteiger partial charge in [-0.05, 0) is 43.9 Å². The Balaban J connectivity index is 2.18. The number of hydrogen-bond donors (Lipinski definition) is 1. The molecule has 1 aromatic rings. The lowest BCUT2D eigenvalue weighted by atomic mass is 9.89. The Hall–Kier alpha value is -1.13. The van der Waals surface area contributed by atoms with Crippen molar-refractivity contribution in [2.75, 3.05) is 26.9 Å². The highest BCUT2D eigenvalue weighted by Crippen LogP contribution is 2.34. The fourth-order valence-electron chi connectivity index (χ4n) is 2.90. The third-order valence-electron chi connectivity index (χ3n) is 3.94. The number of benzene rings is 1. The van der Waals surface area contributed by atoms with E-state index >= 15 is 0 Å². The van der Waals surface area contributed by atoms with Gasteiger partial charge in [0.1, 0.15) is 11.6 Å². The van der Waals surface area contributed by atoms with E-state index in [0.29, 0.717) is 17.2 Å². The van der Waals surface area contributed by atoms with Crippen molar-refractivity contribution in [2.24, 2.45) is 5.92 Å². The fraction of sp³-hybridized carbons (Fsp3) is 0.625. The highest BCUT2D eigenvalue weighted by molar-refractivity contribution is 5.37. The van der Waals surface area contributed by atoms with E-state index in [2.05, 4.69) is 5.32 Å². The van der Waals surface area contributed by atoms with Gasteiger partial charge < -0.3 is 14.8 Å². The van der Waals surface area contributed by atoms with E-state index in [9.17, 15) is 4.39 Å². The van der Waals surface area contributed by atoms with Crippen molar-refractivity contribution < 1.29 is 13.9 Å². The van der Waals surface area contributed by atoms with Gasteiger partial charge in [0.05, 0.1) is 7.11 Å². The molecule has 1 fully saturated rings. The highest BCUT2D eigenvalue weighted by Gasteiger charge is 2.24. The highest BCUT2D eigenvalue weighted by atomic mass is 19.1. The predicted octanol–water partition coefficient (Wildman–Crippen LogP) is 3.30. The summed E-state index contributed by atoms with van der Waals surface area (Å²) in [6.45, 7) is 4.49. The fourth-order valence-corrected chi connectivity index (χ4v) is 2.90. The summed E-state index contributed by atoms with van der Waals surface area (Å²) in [5, 5.41) is 3.40. The Bertz CT molecular complexity index is 419. The van der Waals surface area contributed by atoms with Crippen molar-refractivity contribution in [2.45, 2.75) is 32.2 Å². The molecule has 3 nitrogen and oxygen atoms in total. The molecule has 112 valence electrons. The molecule has 2 rings (SSSR count). The van der Waals surface area contributed by atoms with E-state index in [1.165, 1.54) is 6.07 Å². The summed E-state index contributed by atoms with van der Waals surface area (Å²) in [4.78, 5) is 0. The minimum absolute atomic E-state index is 0.000694. The van der Waals surface area contributed by atoms with E-state index in [4.69, 9.17) is 9.47 Å². The molecule has 0 saturated carbocycles. The molecule has 20 heavy (non-hydrogen) atoms. The van der Waals surface area contributed by atoms with E-state index in [0.717, 1.165) is 39.0 Å². The smallest absolute Gasteiger partial charge is 0.131 e. The number of hydrogen-bond acceptors (Lipinski definition) is 3. The molecule has 0 bridgehead atoms. The Morgan fingerprint density at radius 3 is 2.80 bits per heavy atom. The summed E-state index contributed by atoms with van der Waals surface area (Å²) in [6.07, 6.45) is 3.03. The van der Waals surface area contributed by atoms with Crippen LogP contribution in [0.15, 0.2) is 18.2 Å². The van der Waals surface area contributed by atoms with Crippen LogP contribution in [0.5, 0.6) is 5.75 Å². The summed E-state index contributed by atoms with van der Waals surface area (Å²) in [7, 11) is 1.59. The monoisotopic (exact) mass is 281 g/mol. The van der Waals surface area contributed by atoms with Gasteiger partial charge >= 0.3 is 0 Å². The van der Waals surface area contributed by atoms with Crippen LogP contribution in [0, 0.1) is 11.7 Å². The largest absolute Gasteiger partial charge is 0.496 e. The SMILES string of the molecule is CCNC(CC1CCOCC1)c1c(F)cccc1OC. The topological polar surface area (TPSA) is 30.5 Å². The van der Waals surface area contributed by atoms with Gasteiger partial charge in [-0.15, -0.1) is 0 Å². The lowest BCUT2D eigenvalue weighted by molar-refractivity contribution is 0.0603. The third kappa shape index (κ3) is 3.70. The lowest BCUT2D eigenvalue weighted by Gasteiger charge is -2.28. The number of ether oxygens (including phenoxy) is 2. The molecule has 1 unspecified atom stereocenters. The molecular weight excluding hydrogens is 257 g/mol. The normalized spacial score (nSPS) is 17.9. The van der Waals surface area contributed by atoms with Crippen LogP contribution in [0.2, 0.25) is 0 Å². The standard InChI is InChI=1S/C16H24FNO2/c1-3-18-14(11-12-7-9-20-10-8-12)16-13(17)5-4-6-15(16)19-2/h4-6,12,14,18H,3,7-11H2,1-2H3. The van der Waals surface area contributed by atoms with E-state index < -0.39 is 0 Å². The summed E-state index contributed by atoms with van der Waals surface area (Å²) in [5.41, 5.74) is 0.656. The molecule has 1 atom stereocenters. The first-order valence-corrected chi connectivity index (χ1v) is 7.39. The first-order chi connectivity index (χ1) is 9.76. The van der Waals surface area contributed by atoms with Crippen molar-refractivity contribution in [3.63, 3.8) is 0 Å².